The molecule has 2 bridgehead atoms. The largest absolute Gasteiger partial charge is 0.340 e. The van der Waals surface area contributed by atoms with E-state index in [2.05, 4.69) is 12.2 Å². The van der Waals surface area contributed by atoms with E-state index in [1.807, 2.05) is 4.90 Å². The van der Waals surface area contributed by atoms with E-state index in [1.165, 1.54) is 4.31 Å². The van der Waals surface area contributed by atoms with E-state index in [-0.39, 0.29) is 16.0 Å². The number of fused-ring (bicyclic) bond motifs is 2. The SMILES string of the molecule is O=C([C@@H]1C[C@H]2C=C[C@H]1C2)N1CCN(S(=O)(=O)c2ccc(Cl)s2)CC1. The molecule has 1 aliphatic heterocycles. The summed E-state index contributed by atoms with van der Waals surface area (Å²) < 4.78 is 27.4. The van der Waals surface area contributed by atoms with E-state index >= 15 is 0 Å². The molecule has 2 heterocycles. The Kier molecular flexibility index (Phi) is 4.23. The first-order valence-corrected chi connectivity index (χ1v) is 10.8. The van der Waals surface area contributed by atoms with E-state index in [0.717, 1.165) is 24.2 Å². The molecule has 3 aliphatic rings. The first-order valence-electron chi connectivity index (χ1n) is 8.18. The molecular formula is C16H19ClN2O3S2. The van der Waals surface area contributed by atoms with Crippen LogP contribution < -0.4 is 0 Å². The fourth-order valence-electron chi connectivity index (χ4n) is 4.01. The van der Waals surface area contributed by atoms with Crippen LogP contribution >= 0.6 is 22.9 Å². The molecule has 8 heteroatoms. The fraction of sp³-hybridized carbons (Fsp3) is 0.562. The molecule has 4 rings (SSSR count). The maximum atomic E-state index is 12.7. The van der Waals surface area contributed by atoms with Gasteiger partial charge in [0.05, 0.1) is 4.34 Å². The van der Waals surface area contributed by atoms with Gasteiger partial charge >= 0.3 is 0 Å². The molecule has 0 radical (unpaired) electrons. The Morgan fingerprint density at radius 2 is 1.88 bits per heavy atom. The molecule has 0 N–H and O–H groups in total. The zero-order valence-electron chi connectivity index (χ0n) is 13.1. The molecule has 0 unspecified atom stereocenters. The number of hydrogen-bond acceptors (Lipinski definition) is 4. The van der Waals surface area contributed by atoms with Crippen LogP contribution in [0, 0.1) is 17.8 Å². The van der Waals surface area contributed by atoms with Crippen molar-refractivity contribution in [3.8, 4) is 0 Å². The van der Waals surface area contributed by atoms with Crippen molar-refractivity contribution in [1.82, 2.24) is 9.21 Å². The highest BCUT2D eigenvalue weighted by Gasteiger charge is 2.42. The zero-order chi connectivity index (χ0) is 16.9. The number of rotatable bonds is 3. The summed E-state index contributed by atoms with van der Waals surface area (Å²) >= 11 is 6.92. The standard InChI is InChI=1S/C16H19ClN2O3S2/c17-14-3-4-15(23-14)24(21,22)19-7-5-18(6-8-19)16(20)13-10-11-1-2-12(13)9-11/h1-4,11-13H,5-10H2/t11-,12-,13+/m0/s1. The smallest absolute Gasteiger partial charge is 0.252 e. The zero-order valence-corrected chi connectivity index (χ0v) is 15.5. The molecule has 0 spiro atoms. The Bertz CT molecular complexity index is 781. The van der Waals surface area contributed by atoms with Crippen molar-refractivity contribution in [1.29, 1.82) is 0 Å². The van der Waals surface area contributed by atoms with Crippen molar-refractivity contribution in [2.24, 2.45) is 17.8 Å². The van der Waals surface area contributed by atoms with Crippen LogP contribution in [0.1, 0.15) is 12.8 Å². The normalized spacial score (nSPS) is 30.2. The van der Waals surface area contributed by atoms with Gasteiger partial charge < -0.3 is 4.90 Å². The highest BCUT2D eigenvalue weighted by molar-refractivity contribution is 7.91. The predicted molar refractivity (Wildman–Crippen MR) is 93.5 cm³/mol. The van der Waals surface area contributed by atoms with Gasteiger partial charge in [0.1, 0.15) is 4.21 Å². The Morgan fingerprint density at radius 3 is 2.42 bits per heavy atom. The van der Waals surface area contributed by atoms with Gasteiger partial charge in [-0.2, -0.15) is 4.31 Å². The maximum Gasteiger partial charge on any atom is 0.252 e. The van der Waals surface area contributed by atoms with Gasteiger partial charge in [-0.25, -0.2) is 8.42 Å². The molecule has 5 nitrogen and oxygen atoms in total. The van der Waals surface area contributed by atoms with Crippen LogP contribution in [-0.2, 0) is 14.8 Å². The van der Waals surface area contributed by atoms with Crippen LogP contribution in [0.4, 0.5) is 0 Å². The second-order valence-corrected chi connectivity index (χ2v) is 10.6. The van der Waals surface area contributed by atoms with Crippen LogP contribution in [0.3, 0.4) is 0 Å². The van der Waals surface area contributed by atoms with Crippen molar-refractivity contribution in [2.75, 3.05) is 26.2 Å². The summed E-state index contributed by atoms with van der Waals surface area (Å²) in [5.74, 6) is 1.24. The lowest BCUT2D eigenvalue weighted by Crippen LogP contribution is -2.52. The first-order chi connectivity index (χ1) is 11.4. The number of carbonyl (C=O) groups is 1. The van der Waals surface area contributed by atoms with E-state index < -0.39 is 10.0 Å². The van der Waals surface area contributed by atoms with Gasteiger partial charge in [0.2, 0.25) is 5.91 Å². The first kappa shape index (κ1) is 16.6. The topological polar surface area (TPSA) is 57.7 Å². The van der Waals surface area contributed by atoms with Crippen molar-refractivity contribution < 1.29 is 13.2 Å². The van der Waals surface area contributed by atoms with Crippen molar-refractivity contribution in [3.05, 3.63) is 28.6 Å². The lowest BCUT2D eigenvalue weighted by Gasteiger charge is -2.36. The predicted octanol–water partition coefficient (Wildman–Crippen LogP) is 2.45. The molecule has 1 saturated carbocycles. The highest BCUT2D eigenvalue weighted by atomic mass is 35.5. The second kappa shape index (κ2) is 6.12. The maximum absolute atomic E-state index is 12.7. The van der Waals surface area contributed by atoms with E-state index in [1.54, 1.807) is 12.1 Å². The van der Waals surface area contributed by atoms with E-state index in [4.69, 9.17) is 11.6 Å². The average Bonchev–Trinajstić information content (AvgIpc) is 3.31. The van der Waals surface area contributed by atoms with Crippen LogP contribution in [0.25, 0.3) is 0 Å². The molecule has 1 amide bonds. The molecule has 24 heavy (non-hydrogen) atoms. The second-order valence-electron chi connectivity index (χ2n) is 6.67. The molecule has 0 aromatic carbocycles. The fourth-order valence-corrected chi connectivity index (χ4v) is 7.07. The van der Waals surface area contributed by atoms with Crippen LogP contribution in [0.5, 0.6) is 0 Å². The number of thiophene rings is 1. The highest BCUT2D eigenvalue weighted by Crippen LogP contribution is 2.44. The van der Waals surface area contributed by atoms with E-state index in [9.17, 15) is 13.2 Å². The third-order valence-corrected chi connectivity index (χ3v) is 8.89. The summed E-state index contributed by atoms with van der Waals surface area (Å²) in [6.45, 7) is 1.63. The number of nitrogens with zero attached hydrogens (tertiary/aromatic N) is 2. The lowest BCUT2D eigenvalue weighted by atomic mass is 9.92. The summed E-state index contributed by atoms with van der Waals surface area (Å²) in [6, 6.07) is 3.14. The molecule has 1 aromatic rings. The van der Waals surface area contributed by atoms with Crippen molar-refractivity contribution >= 4 is 38.9 Å². The number of hydrogen-bond donors (Lipinski definition) is 0. The number of amides is 1. The summed E-state index contributed by atoms with van der Waals surface area (Å²) in [7, 11) is -3.50. The molecule has 2 fully saturated rings. The summed E-state index contributed by atoms with van der Waals surface area (Å²) in [5.41, 5.74) is 0. The van der Waals surface area contributed by atoms with Gasteiger partial charge in [-0.3, -0.25) is 4.79 Å². The Hall–Kier alpha value is -0.890. The van der Waals surface area contributed by atoms with Crippen molar-refractivity contribution in [2.45, 2.75) is 17.1 Å². The molecule has 1 aromatic heterocycles. The number of allylic oxidation sites excluding steroid dienone is 2. The summed E-state index contributed by atoms with van der Waals surface area (Å²) in [5, 5.41) is 0. The lowest BCUT2D eigenvalue weighted by molar-refractivity contribution is -0.137. The van der Waals surface area contributed by atoms with Gasteiger partial charge in [0.15, 0.2) is 0 Å². The number of sulfonamides is 1. The molecular weight excluding hydrogens is 368 g/mol. The number of carbonyl (C=O) groups excluding carboxylic acids is 1. The van der Waals surface area contributed by atoms with Gasteiger partial charge in [-0.15, -0.1) is 11.3 Å². The van der Waals surface area contributed by atoms with Crippen LogP contribution in [0.2, 0.25) is 4.34 Å². The Labute approximate surface area is 150 Å². The third-order valence-electron chi connectivity index (χ3n) is 5.29. The van der Waals surface area contributed by atoms with E-state index in [0.29, 0.717) is 42.4 Å². The third kappa shape index (κ3) is 2.81. The molecule has 130 valence electrons. The van der Waals surface area contributed by atoms with Gasteiger partial charge in [-0.05, 0) is 36.8 Å². The molecule has 2 aliphatic carbocycles. The average molecular weight is 387 g/mol. The minimum atomic E-state index is -3.50. The number of halogens is 1. The monoisotopic (exact) mass is 386 g/mol. The quantitative estimate of drug-likeness (QED) is 0.750. The number of piperazine rings is 1. The van der Waals surface area contributed by atoms with Gasteiger partial charge in [0.25, 0.3) is 10.0 Å². The minimum Gasteiger partial charge on any atom is -0.340 e. The summed E-state index contributed by atoms with van der Waals surface area (Å²) in [6.07, 6.45) is 6.46. The Morgan fingerprint density at radius 1 is 1.12 bits per heavy atom. The molecule has 3 atom stereocenters. The van der Waals surface area contributed by atoms with Gasteiger partial charge in [0, 0.05) is 32.1 Å². The van der Waals surface area contributed by atoms with Crippen LogP contribution in [-0.4, -0.2) is 49.7 Å². The minimum absolute atomic E-state index is 0.0965. The summed E-state index contributed by atoms with van der Waals surface area (Å²) in [4.78, 5) is 14.6. The van der Waals surface area contributed by atoms with Crippen molar-refractivity contribution in [3.63, 3.8) is 0 Å². The Balaban J connectivity index is 1.40. The van der Waals surface area contributed by atoms with Gasteiger partial charge in [-0.1, -0.05) is 23.8 Å². The molecule has 1 saturated heterocycles. The van der Waals surface area contributed by atoms with Crippen LogP contribution in [0.15, 0.2) is 28.5 Å².